The summed E-state index contributed by atoms with van der Waals surface area (Å²) in [6.45, 7) is 1.51. The summed E-state index contributed by atoms with van der Waals surface area (Å²) in [5.41, 5.74) is 1.78. The highest BCUT2D eigenvalue weighted by molar-refractivity contribution is 7.89. The second-order valence-electron chi connectivity index (χ2n) is 6.31. The Morgan fingerprint density at radius 1 is 1.30 bits per heavy atom. The van der Waals surface area contributed by atoms with Crippen molar-refractivity contribution in [1.82, 2.24) is 9.79 Å². The molecular weight excluding hydrogens is 436 g/mol. The molecule has 1 aromatic heterocycles. The number of thiophene rings is 1. The van der Waals surface area contributed by atoms with Crippen molar-refractivity contribution in [3.63, 3.8) is 0 Å². The number of ether oxygens (including phenoxy) is 2. The van der Waals surface area contributed by atoms with Crippen LogP contribution >= 0.6 is 11.3 Å². The maximum Gasteiger partial charge on any atom is 0.348 e. The van der Waals surface area contributed by atoms with Crippen molar-refractivity contribution in [3.8, 4) is 5.75 Å². The third kappa shape index (κ3) is 3.91. The number of fused-ring (bicyclic) bond motifs is 1. The van der Waals surface area contributed by atoms with E-state index in [9.17, 15) is 23.1 Å². The van der Waals surface area contributed by atoms with Gasteiger partial charge in [-0.15, -0.1) is 11.3 Å². The monoisotopic (exact) mass is 456 g/mol. The lowest BCUT2D eigenvalue weighted by atomic mass is 10.0. The number of aliphatic hydroxyl groups is 1. The molecule has 2 heterocycles. The third-order valence-corrected chi connectivity index (χ3v) is 7.64. The van der Waals surface area contributed by atoms with Crippen LogP contribution in [0.2, 0.25) is 0 Å². The Bertz CT molecular complexity index is 1050. The van der Waals surface area contributed by atoms with E-state index in [-0.39, 0.29) is 27.8 Å². The first-order valence-electron chi connectivity index (χ1n) is 8.82. The van der Waals surface area contributed by atoms with E-state index in [2.05, 4.69) is 0 Å². The van der Waals surface area contributed by atoms with Gasteiger partial charge in [0.15, 0.2) is 0 Å². The molecule has 0 radical (unpaired) electrons. The van der Waals surface area contributed by atoms with Crippen molar-refractivity contribution in [2.45, 2.75) is 30.5 Å². The van der Waals surface area contributed by atoms with Gasteiger partial charge in [-0.05, 0) is 42.8 Å². The summed E-state index contributed by atoms with van der Waals surface area (Å²) in [6, 6.07) is 5.31. The van der Waals surface area contributed by atoms with Crippen molar-refractivity contribution >= 4 is 33.2 Å². The fraction of sp³-hybridized carbons (Fsp3) is 0.333. The van der Waals surface area contributed by atoms with Crippen LogP contribution in [-0.2, 0) is 26.1 Å². The van der Waals surface area contributed by atoms with E-state index in [4.69, 9.17) is 14.7 Å². The normalized spacial score (nSPS) is 19.1. The van der Waals surface area contributed by atoms with Crippen LogP contribution in [0.1, 0.15) is 33.1 Å². The number of nitrogens with zero attached hydrogens (tertiary/aromatic N) is 1. The predicted octanol–water partition coefficient (Wildman–Crippen LogP) is 1.05. The van der Waals surface area contributed by atoms with Crippen LogP contribution in [0, 0.1) is 0 Å². The standard InChI is InChI=1S/C18H20N2O8S2/c1-3-28-18(23)13-8-10-9-20(14(17(22)19-24)15(21)16(10)29-13)30(25,26)12-6-4-11(27-2)5-7-12/h4-8,14-15,21,24H,3,9H2,1-2H3,(H,19,22)/t14-,15-/m1/s1. The van der Waals surface area contributed by atoms with Crippen molar-refractivity contribution in [1.29, 1.82) is 0 Å². The molecule has 162 valence electrons. The minimum atomic E-state index is -4.25. The first kappa shape index (κ1) is 22.2. The van der Waals surface area contributed by atoms with E-state index in [1.165, 1.54) is 42.9 Å². The lowest BCUT2D eigenvalue weighted by Gasteiger charge is -2.36. The summed E-state index contributed by atoms with van der Waals surface area (Å²) in [5.74, 6) is -1.27. The minimum absolute atomic E-state index is 0.129. The number of benzene rings is 1. The summed E-state index contributed by atoms with van der Waals surface area (Å²) in [4.78, 5) is 24.6. The lowest BCUT2D eigenvalue weighted by molar-refractivity contribution is -0.137. The van der Waals surface area contributed by atoms with Crippen LogP contribution in [-0.4, -0.2) is 54.7 Å². The van der Waals surface area contributed by atoms with Gasteiger partial charge in [-0.3, -0.25) is 10.0 Å². The van der Waals surface area contributed by atoms with Gasteiger partial charge in [0.05, 0.1) is 18.6 Å². The number of hydroxylamine groups is 1. The van der Waals surface area contributed by atoms with Crippen molar-refractivity contribution in [3.05, 3.63) is 45.6 Å². The summed E-state index contributed by atoms with van der Waals surface area (Å²) in [6.07, 6.45) is -1.60. The van der Waals surface area contributed by atoms with E-state index >= 15 is 0 Å². The Labute approximate surface area is 176 Å². The lowest BCUT2D eigenvalue weighted by Crippen LogP contribution is -2.53. The minimum Gasteiger partial charge on any atom is -0.497 e. The van der Waals surface area contributed by atoms with Gasteiger partial charge in [0.25, 0.3) is 5.91 Å². The molecule has 3 rings (SSSR count). The first-order valence-corrected chi connectivity index (χ1v) is 11.1. The number of amides is 1. The Morgan fingerprint density at radius 3 is 2.53 bits per heavy atom. The topological polar surface area (TPSA) is 142 Å². The number of carbonyl (C=O) groups excluding carboxylic acids is 2. The van der Waals surface area contributed by atoms with Crippen LogP contribution in [0.15, 0.2) is 35.2 Å². The van der Waals surface area contributed by atoms with Gasteiger partial charge in [-0.2, -0.15) is 4.31 Å². The SMILES string of the molecule is CCOC(=O)c1cc2c(s1)[C@H](O)[C@H](C(=O)NO)N(S(=O)(=O)c1ccc(OC)cc1)C2. The van der Waals surface area contributed by atoms with Crippen molar-refractivity contribution < 1.29 is 37.8 Å². The maximum absolute atomic E-state index is 13.2. The number of rotatable bonds is 6. The van der Waals surface area contributed by atoms with E-state index in [1.54, 1.807) is 6.92 Å². The molecule has 0 saturated heterocycles. The van der Waals surface area contributed by atoms with Gasteiger partial charge >= 0.3 is 5.97 Å². The molecule has 0 bridgehead atoms. The van der Waals surface area contributed by atoms with E-state index in [1.807, 2.05) is 0 Å². The Hall–Kier alpha value is -2.51. The highest BCUT2D eigenvalue weighted by atomic mass is 32.2. The molecule has 0 unspecified atom stereocenters. The molecule has 1 aliphatic heterocycles. The van der Waals surface area contributed by atoms with Crippen molar-refractivity contribution in [2.75, 3.05) is 13.7 Å². The number of sulfonamides is 1. The predicted molar refractivity (Wildman–Crippen MR) is 105 cm³/mol. The van der Waals surface area contributed by atoms with Crippen LogP contribution in [0.3, 0.4) is 0 Å². The average Bonchev–Trinajstić information content (AvgIpc) is 3.18. The summed E-state index contributed by atoms with van der Waals surface area (Å²) < 4.78 is 37.2. The Kier molecular flexibility index (Phi) is 6.43. The number of carbonyl (C=O) groups is 2. The summed E-state index contributed by atoms with van der Waals surface area (Å²) in [5, 5.41) is 19.9. The van der Waals surface area contributed by atoms with Gasteiger partial charge in [0.2, 0.25) is 10.0 Å². The van der Waals surface area contributed by atoms with Crippen LogP contribution < -0.4 is 10.2 Å². The zero-order valence-corrected chi connectivity index (χ0v) is 17.7. The number of methoxy groups -OCH3 is 1. The number of hydrogen-bond donors (Lipinski definition) is 3. The van der Waals surface area contributed by atoms with Crippen LogP contribution in [0.4, 0.5) is 0 Å². The molecule has 0 fully saturated rings. The van der Waals surface area contributed by atoms with E-state index in [0.717, 1.165) is 15.6 Å². The fourth-order valence-corrected chi connectivity index (χ4v) is 5.80. The van der Waals surface area contributed by atoms with Crippen LogP contribution in [0.5, 0.6) is 5.75 Å². The van der Waals surface area contributed by atoms with Gasteiger partial charge in [0.1, 0.15) is 22.8 Å². The average molecular weight is 456 g/mol. The molecule has 1 aromatic carbocycles. The molecule has 12 heteroatoms. The molecule has 1 aliphatic rings. The molecule has 0 aliphatic carbocycles. The first-order chi connectivity index (χ1) is 14.2. The highest BCUT2D eigenvalue weighted by Crippen LogP contribution is 2.40. The van der Waals surface area contributed by atoms with Gasteiger partial charge in [-0.25, -0.2) is 18.7 Å². The molecule has 0 saturated carbocycles. The van der Waals surface area contributed by atoms with E-state index < -0.39 is 34.0 Å². The number of esters is 1. The third-order valence-electron chi connectivity index (χ3n) is 4.57. The van der Waals surface area contributed by atoms with Crippen molar-refractivity contribution in [2.24, 2.45) is 0 Å². The molecule has 30 heavy (non-hydrogen) atoms. The Balaban J connectivity index is 2.06. The zero-order chi connectivity index (χ0) is 22.1. The molecule has 1 amide bonds. The quantitative estimate of drug-likeness (QED) is 0.333. The number of aliphatic hydroxyl groups excluding tert-OH is 1. The zero-order valence-electron chi connectivity index (χ0n) is 16.1. The number of nitrogens with one attached hydrogen (secondary N) is 1. The van der Waals surface area contributed by atoms with Crippen LogP contribution in [0.25, 0.3) is 0 Å². The molecule has 2 atom stereocenters. The summed E-state index contributed by atoms with van der Waals surface area (Å²) in [7, 11) is -2.82. The molecule has 3 N–H and O–H groups in total. The molecule has 10 nitrogen and oxygen atoms in total. The Morgan fingerprint density at radius 2 is 1.97 bits per heavy atom. The second-order valence-corrected chi connectivity index (χ2v) is 9.29. The molecular formula is C18H20N2O8S2. The highest BCUT2D eigenvalue weighted by Gasteiger charge is 2.46. The van der Waals surface area contributed by atoms with Gasteiger partial charge in [-0.1, -0.05) is 0 Å². The number of hydrogen-bond acceptors (Lipinski definition) is 9. The van der Waals surface area contributed by atoms with Gasteiger partial charge in [0, 0.05) is 11.4 Å². The largest absolute Gasteiger partial charge is 0.497 e. The maximum atomic E-state index is 13.2. The summed E-state index contributed by atoms with van der Waals surface area (Å²) >= 11 is 0.912. The molecule has 2 aromatic rings. The smallest absolute Gasteiger partial charge is 0.348 e. The van der Waals surface area contributed by atoms with E-state index in [0.29, 0.717) is 11.3 Å². The second kappa shape index (κ2) is 8.70. The van der Waals surface area contributed by atoms with Gasteiger partial charge < -0.3 is 14.6 Å². The molecule has 0 spiro atoms. The fourth-order valence-electron chi connectivity index (χ4n) is 3.14.